The van der Waals surface area contributed by atoms with Crippen molar-refractivity contribution in [1.82, 2.24) is 20.3 Å². The molecule has 3 aromatic rings. The number of aliphatic hydroxyl groups is 1. The summed E-state index contributed by atoms with van der Waals surface area (Å²) in [5.41, 5.74) is 1.59. The first-order valence-corrected chi connectivity index (χ1v) is 10.7. The number of urea groups is 1. The molecule has 8 nitrogen and oxygen atoms in total. The number of rotatable bonds is 7. The predicted molar refractivity (Wildman–Crippen MR) is 117 cm³/mol. The molecule has 1 saturated heterocycles. The summed E-state index contributed by atoms with van der Waals surface area (Å²) in [4.78, 5) is 12.3. The number of carbonyl (C=O) groups excluding carboxylic acids is 1. The van der Waals surface area contributed by atoms with E-state index in [-0.39, 0.29) is 30.6 Å². The van der Waals surface area contributed by atoms with Gasteiger partial charge in [-0.15, -0.1) is 5.10 Å². The molecule has 3 N–H and O–H groups in total. The molecule has 1 aliphatic rings. The third-order valence-corrected chi connectivity index (χ3v) is 5.51. The first-order valence-electron chi connectivity index (χ1n) is 10.7. The van der Waals surface area contributed by atoms with Crippen molar-refractivity contribution in [2.75, 3.05) is 11.9 Å². The molecule has 0 radical (unpaired) electrons. The molecule has 0 unspecified atom stereocenters. The first kappa shape index (κ1) is 21.9. The van der Waals surface area contributed by atoms with Gasteiger partial charge in [0.2, 0.25) is 0 Å². The van der Waals surface area contributed by atoms with Crippen LogP contribution in [0.15, 0.2) is 60.8 Å². The number of aryl methyl sites for hydroxylation is 1. The minimum absolute atomic E-state index is 0.0801. The molecular formula is C23H26FN5O3. The van der Waals surface area contributed by atoms with E-state index in [0.29, 0.717) is 36.3 Å². The van der Waals surface area contributed by atoms with Crippen LogP contribution in [0.3, 0.4) is 0 Å². The molecule has 3 atom stereocenters. The van der Waals surface area contributed by atoms with Crippen LogP contribution in [-0.4, -0.2) is 51.0 Å². The second-order valence-corrected chi connectivity index (χ2v) is 7.76. The van der Waals surface area contributed by atoms with E-state index >= 15 is 0 Å². The highest BCUT2D eigenvalue weighted by atomic mass is 19.1. The number of ether oxygens (including phenoxy) is 1. The largest absolute Gasteiger partial charge is 0.394 e. The summed E-state index contributed by atoms with van der Waals surface area (Å²) in [6, 6.07) is 15.0. The minimum atomic E-state index is -0.486. The minimum Gasteiger partial charge on any atom is -0.394 e. The van der Waals surface area contributed by atoms with E-state index in [1.165, 1.54) is 6.07 Å². The summed E-state index contributed by atoms with van der Waals surface area (Å²) in [5.74, 6) is -0.337. The fourth-order valence-electron chi connectivity index (χ4n) is 3.84. The Labute approximate surface area is 185 Å². The van der Waals surface area contributed by atoms with Crippen molar-refractivity contribution in [2.24, 2.45) is 0 Å². The number of para-hydroxylation sites is 1. The molecule has 1 aliphatic heterocycles. The zero-order valence-corrected chi connectivity index (χ0v) is 17.5. The average molecular weight is 439 g/mol. The Morgan fingerprint density at radius 2 is 1.94 bits per heavy atom. The highest BCUT2D eigenvalue weighted by Gasteiger charge is 2.31. The number of hydrogen-bond donors (Lipinski definition) is 3. The summed E-state index contributed by atoms with van der Waals surface area (Å²) in [5, 5.41) is 23.6. The zero-order valence-electron chi connectivity index (χ0n) is 17.5. The molecule has 4 rings (SSSR count). The summed E-state index contributed by atoms with van der Waals surface area (Å²) in [7, 11) is 0. The van der Waals surface area contributed by atoms with Gasteiger partial charge in [0.1, 0.15) is 17.6 Å². The molecule has 0 saturated carbocycles. The van der Waals surface area contributed by atoms with Gasteiger partial charge in [0.15, 0.2) is 0 Å². The molecule has 0 aliphatic carbocycles. The Bertz CT molecular complexity index is 1030. The molecule has 1 fully saturated rings. The number of hydrogen-bond acceptors (Lipinski definition) is 5. The highest BCUT2D eigenvalue weighted by Crippen LogP contribution is 2.23. The Balaban J connectivity index is 1.27. The second kappa shape index (κ2) is 10.3. The lowest BCUT2D eigenvalue weighted by molar-refractivity contribution is -0.0905. The van der Waals surface area contributed by atoms with Gasteiger partial charge in [-0.3, -0.25) is 4.68 Å². The Morgan fingerprint density at radius 3 is 2.72 bits per heavy atom. The van der Waals surface area contributed by atoms with Crippen molar-refractivity contribution < 1.29 is 19.0 Å². The molecule has 0 spiro atoms. The third-order valence-electron chi connectivity index (χ3n) is 5.51. The molecule has 168 valence electrons. The van der Waals surface area contributed by atoms with Crippen LogP contribution < -0.4 is 10.6 Å². The van der Waals surface area contributed by atoms with Crippen molar-refractivity contribution in [2.45, 2.75) is 44.1 Å². The van der Waals surface area contributed by atoms with Crippen LogP contribution in [0, 0.1) is 5.82 Å². The zero-order chi connectivity index (χ0) is 22.3. The predicted octanol–water partition coefficient (Wildman–Crippen LogP) is 3.20. The third kappa shape index (κ3) is 5.49. The van der Waals surface area contributed by atoms with E-state index in [0.717, 1.165) is 6.42 Å². The number of benzene rings is 2. The smallest absolute Gasteiger partial charge is 0.319 e. The Morgan fingerprint density at radius 1 is 1.16 bits per heavy atom. The van der Waals surface area contributed by atoms with Gasteiger partial charge < -0.3 is 20.5 Å². The van der Waals surface area contributed by atoms with E-state index in [9.17, 15) is 14.3 Å². The van der Waals surface area contributed by atoms with E-state index in [1.54, 1.807) is 41.2 Å². The number of carbonyl (C=O) groups is 1. The lowest BCUT2D eigenvalue weighted by Crippen LogP contribution is -2.52. The number of amides is 2. The molecular weight excluding hydrogens is 413 g/mol. The van der Waals surface area contributed by atoms with Crippen LogP contribution in [0.2, 0.25) is 0 Å². The topological polar surface area (TPSA) is 101 Å². The summed E-state index contributed by atoms with van der Waals surface area (Å²) < 4.78 is 21.6. The van der Waals surface area contributed by atoms with Gasteiger partial charge >= 0.3 is 6.03 Å². The van der Waals surface area contributed by atoms with Crippen molar-refractivity contribution in [3.8, 4) is 11.3 Å². The van der Waals surface area contributed by atoms with Gasteiger partial charge in [-0.2, -0.15) is 0 Å². The van der Waals surface area contributed by atoms with Crippen molar-refractivity contribution in [3.63, 3.8) is 0 Å². The Hall–Kier alpha value is -3.30. The maximum absolute atomic E-state index is 13.9. The number of halogens is 1. The van der Waals surface area contributed by atoms with Gasteiger partial charge in [0, 0.05) is 17.8 Å². The van der Waals surface area contributed by atoms with Gasteiger partial charge in [0.25, 0.3) is 0 Å². The van der Waals surface area contributed by atoms with E-state index in [4.69, 9.17) is 4.74 Å². The van der Waals surface area contributed by atoms with Crippen LogP contribution in [0.1, 0.15) is 19.3 Å². The SMILES string of the molecule is O=C(Nc1ccccc1)N[C@H]1CC[C@H](CCn2cc(-c3ccccc3F)nn2)O[C@@H]1CO. The Kier molecular flexibility index (Phi) is 7.08. The normalized spacial score (nSPS) is 20.6. The molecule has 1 aromatic heterocycles. The lowest BCUT2D eigenvalue weighted by atomic mass is 9.97. The molecule has 9 heteroatoms. The fourth-order valence-corrected chi connectivity index (χ4v) is 3.84. The van der Waals surface area contributed by atoms with Crippen LogP contribution in [0.25, 0.3) is 11.3 Å². The fraction of sp³-hybridized carbons (Fsp3) is 0.348. The maximum atomic E-state index is 13.9. The summed E-state index contributed by atoms with van der Waals surface area (Å²) in [6.45, 7) is 0.365. The van der Waals surface area contributed by atoms with E-state index < -0.39 is 6.10 Å². The molecule has 2 amide bonds. The van der Waals surface area contributed by atoms with Crippen molar-refractivity contribution >= 4 is 11.7 Å². The first-order chi connectivity index (χ1) is 15.6. The van der Waals surface area contributed by atoms with Crippen LogP contribution in [0.5, 0.6) is 0 Å². The van der Waals surface area contributed by atoms with Crippen molar-refractivity contribution in [1.29, 1.82) is 0 Å². The number of anilines is 1. The highest BCUT2D eigenvalue weighted by molar-refractivity contribution is 5.89. The number of nitrogens with zero attached hydrogens (tertiary/aromatic N) is 3. The van der Waals surface area contributed by atoms with Gasteiger partial charge in [-0.05, 0) is 43.5 Å². The number of nitrogens with one attached hydrogen (secondary N) is 2. The second-order valence-electron chi connectivity index (χ2n) is 7.76. The summed E-state index contributed by atoms with van der Waals surface area (Å²) >= 11 is 0. The number of aliphatic hydroxyl groups excluding tert-OH is 1. The quantitative estimate of drug-likeness (QED) is 0.525. The monoisotopic (exact) mass is 439 g/mol. The molecule has 0 bridgehead atoms. The van der Waals surface area contributed by atoms with Gasteiger partial charge in [-0.1, -0.05) is 35.5 Å². The average Bonchev–Trinajstić information content (AvgIpc) is 3.28. The molecule has 2 heterocycles. The van der Waals surface area contributed by atoms with E-state index in [2.05, 4.69) is 20.9 Å². The van der Waals surface area contributed by atoms with E-state index in [1.807, 2.05) is 18.2 Å². The lowest BCUT2D eigenvalue weighted by Gasteiger charge is -2.36. The molecule has 32 heavy (non-hydrogen) atoms. The summed E-state index contributed by atoms with van der Waals surface area (Å²) in [6.07, 6.45) is 3.24. The standard InChI is InChI=1S/C23H26FN5O3/c24-19-9-5-4-8-18(19)21-14-29(28-27-21)13-12-17-10-11-20(22(15-30)32-17)26-23(31)25-16-6-2-1-3-7-16/h1-9,14,17,20,22,30H,10-13,15H2,(H2,25,26,31)/t17-,20+,22-/m1/s1. The van der Waals surface area contributed by atoms with Crippen LogP contribution in [0.4, 0.5) is 14.9 Å². The van der Waals surface area contributed by atoms with Crippen LogP contribution >= 0.6 is 0 Å². The van der Waals surface area contributed by atoms with Crippen molar-refractivity contribution in [3.05, 3.63) is 66.6 Å². The van der Waals surface area contributed by atoms with Crippen LogP contribution in [-0.2, 0) is 11.3 Å². The maximum Gasteiger partial charge on any atom is 0.319 e. The van der Waals surface area contributed by atoms with Gasteiger partial charge in [-0.25, -0.2) is 9.18 Å². The number of aromatic nitrogens is 3. The molecule has 2 aromatic carbocycles. The van der Waals surface area contributed by atoms with Gasteiger partial charge in [0.05, 0.1) is 24.9 Å².